The fourth-order valence-electron chi connectivity index (χ4n) is 1.36. The number of hydrogen-bond acceptors (Lipinski definition) is 2. The number of aliphatic carboxylic acids is 1. The zero-order valence-corrected chi connectivity index (χ0v) is 9.12. The van der Waals surface area contributed by atoms with Gasteiger partial charge in [0, 0.05) is 12.5 Å². The molecule has 84 valence electrons. The van der Waals surface area contributed by atoms with Crippen molar-refractivity contribution in [3.63, 3.8) is 0 Å². The number of hydrogen-bond donors (Lipinski definition) is 2. The summed E-state index contributed by atoms with van der Waals surface area (Å²) in [5.74, 6) is -0.948. The second-order valence-electron chi connectivity index (χ2n) is 4.55. The van der Waals surface area contributed by atoms with Crippen molar-refractivity contribution in [2.75, 3.05) is 6.54 Å². The Morgan fingerprint density at radius 1 is 1.40 bits per heavy atom. The van der Waals surface area contributed by atoms with Gasteiger partial charge in [0.1, 0.15) is 0 Å². The molecule has 4 nitrogen and oxygen atoms in total. The first-order chi connectivity index (χ1) is 6.93. The van der Waals surface area contributed by atoms with E-state index in [1.54, 1.807) is 13.8 Å². The fourth-order valence-corrected chi connectivity index (χ4v) is 1.36. The van der Waals surface area contributed by atoms with Gasteiger partial charge in [-0.05, 0) is 26.7 Å². The molecule has 0 aromatic carbocycles. The molecule has 1 amide bonds. The van der Waals surface area contributed by atoms with Crippen LogP contribution in [0.25, 0.3) is 0 Å². The molecule has 0 aliphatic heterocycles. The molecule has 0 radical (unpaired) electrons. The standard InChI is InChI=1S/C11H17NO3/c1-11(2,10(14)15)7-12-9(13)8-5-3-4-6-8/h3-4,8H,5-7H2,1-2H3,(H,12,13)(H,14,15). The first-order valence-electron chi connectivity index (χ1n) is 5.09. The molecule has 0 fully saturated rings. The van der Waals surface area contributed by atoms with Crippen LogP contribution in [0.5, 0.6) is 0 Å². The third-order valence-electron chi connectivity index (χ3n) is 2.66. The summed E-state index contributed by atoms with van der Waals surface area (Å²) in [5, 5.41) is 11.5. The highest BCUT2D eigenvalue weighted by Gasteiger charge is 2.29. The van der Waals surface area contributed by atoms with Gasteiger partial charge in [0.2, 0.25) is 5.91 Å². The smallest absolute Gasteiger partial charge is 0.310 e. The van der Waals surface area contributed by atoms with Gasteiger partial charge in [0.15, 0.2) is 0 Å². The van der Waals surface area contributed by atoms with Crippen LogP contribution in [0.2, 0.25) is 0 Å². The fraction of sp³-hybridized carbons (Fsp3) is 0.636. The Kier molecular flexibility index (Phi) is 3.50. The second-order valence-corrected chi connectivity index (χ2v) is 4.55. The largest absolute Gasteiger partial charge is 0.481 e. The van der Waals surface area contributed by atoms with Gasteiger partial charge in [-0.15, -0.1) is 0 Å². The number of carboxylic acid groups (broad SMARTS) is 1. The summed E-state index contributed by atoms with van der Waals surface area (Å²) >= 11 is 0. The normalized spacial score (nSPS) is 16.7. The summed E-state index contributed by atoms with van der Waals surface area (Å²) in [7, 11) is 0. The Morgan fingerprint density at radius 3 is 2.40 bits per heavy atom. The van der Waals surface area contributed by atoms with Gasteiger partial charge in [-0.3, -0.25) is 9.59 Å². The zero-order chi connectivity index (χ0) is 11.5. The van der Waals surface area contributed by atoms with E-state index in [-0.39, 0.29) is 18.4 Å². The van der Waals surface area contributed by atoms with E-state index < -0.39 is 11.4 Å². The highest BCUT2D eigenvalue weighted by Crippen LogP contribution is 2.19. The highest BCUT2D eigenvalue weighted by atomic mass is 16.4. The van der Waals surface area contributed by atoms with E-state index in [1.165, 1.54) is 0 Å². The number of nitrogens with one attached hydrogen (secondary N) is 1. The molecular weight excluding hydrogens is 194 g/mol. The van der Waals surface area contributed by atoms with Crippen molar-refractivity contribution in [1.29, 1.82) is 0 Å². The maximum Gasteiger partial charge on any atom is 0.310 e. The predicted molar refractivity (Wildman–Crippen MR) is 56.3 cm³/mol. The van der Waals surface area contributed by atoms with Crippen LogP contribution in [-0.4, -0.2) is 23.5 Å². The van der Waals surface area contributed by atoms with E-state index in [0.29, 0.717) is 0 Å². The third-order valence-corrected chi connectivity index (χ3v) is 2.66. The lowest BCUT2D eigenvalue weighted by Crippen LogP contribution is -2.40. The topological polar surface area (TPSA) is 66.4 Å². The lowest BCUT2D eigenvalue weighted by atomic mass is 9.93. The van der Waals surface area contributed by atoms with Crippen LogP contribution >= 0.6 is 0 Å². The first kappa shape index (κ1) is 11.8. The summed E-state index contributed by atoms with van der Waals surface area (Å²) in [5.41, 5.74) is -0.901. The number of carbonyl (C=O) groups excluding carboxylic acids is 1. The molecule has 0 spiro atoms. The monoisotopic (exact) mass is 211 g/mol. The van der Waals surface area contributed by atoms with Crippen LogP contribution in [0.15, 0.2) is 12.2 Å². The van der Waals surface area contributed by atoms with Gasteiger partial charge in [0.25, 0.3) is 0 Å². The number of allylic oxidation sites excluding steroid dienone is 2. The molecule has 0 unspecified atom stereocenters. The van der Waals surface area contributed by atoms with E-state index in [9.17, 15) is 9.59 Å². The number of rotatable bonds is 4. The SMILES string of the molecule is CC(C)(CNC(=O)C1CC=CC1)C(=O)O. The molecule has 0 bridgehead atoms. The first-order valence-corrected chi connectivity index (χ1v) is 5.09. The molecule has 4 heteroatoms. The molecule has 1 rings (SSSR count). The Hall–Kier alpha value is -1.32. The lowest BCUT2D eigenvalue weighted by Gasteiger charge is -2.20. The molecule has 15 heavy (non-hydrogen) atoms. The van der Waals surface area contributed by atoms with E-state index in [2.05, 4.69) is 5.32 Å². The minimum absolute atomic E-state index is 0.00500. The predicted octanol–water partition coefficient (Wildman–Crippen LogP) is 1.18. The molecule has 0 heterocycles. The van der Waals surface area contributed by atoms with E-state index in [4.69, 9.17) is 5.11 Å². The second kappa shape index (κ2) is 4.47. The molecule has 0 saturated carbocycles. The van der Waals surface area contributed by atoms with E-state index >= 15 is 0 Å². The van der Waals surface area contributed by atoms with Gasteiger partial charge in [-0.2, -0.15) is 0 Å². The van der Waals surface area contributed by atoms with Crippen molar-refractivity contribution in [1.82, 2.24) is 5.32 Å². The number of carboxylic acids is 1. The number of carbonyl (C=O) groups is 2. The van der Waals surface area contributed by atoms with Gasteiger partial charge in [0.05, 0.1) is 5.41 Å². The van der Waals surface area contributed by atoms with Crippen molar-refractivity contribution in [2.45, 2.75) is 26.7 Å². The van der Waals surface area contributed by atoms with Gasteiger partial charge >= 0.3 is 5.97 Å². The molecule has 2 N–H and O–H groups in total. The van der Waals surface area contributed by atoms with Crippen LogP contribution in [0.4, 0.5) is 0 Å². The molecule has 0 atom stereocenters. The van der Waals surface area contributed by atoms with Gasteiger partial charge in [-0.25, -0.2) is 0 Å². The maximum absolute atomic E-state index is 11.6. The van der Waals surface area contributed by atoms with Crippen LogP contribution < -0.4 is 5.32 Å². The van der Waals surface area contributed by atoms with Gasteiger partial charge in [-0.1, -0.05) is 12.2 Å². The Bertz CT molecular complexity index is 286. The average Bonchev–Trinajstić information content (AvgIpc) is 2.66. The molecule has 1 aliphatic carbocycles. The van der Waals surface area contributed by atoms with Crippen molar-refractivity contribution in [2.24, 2.45) is 11.3 Å². The summed E-state index contributed by atoms with van der Waals surface area (Å²) in [6, 6.07) is 0. The maximum atomic E-state index is 11.6. The van der Waals surface area contributed by atoms with Crippen molar-refractivity contribution in [3.05, 3.63) is 12.2 Å². The quantitative estimate of drug-likeness (QED) is 0.686. The van der Waals surface area contributed by atoms with Crippen molar-refractivity contribution in [3.8, 4) is 0 Å². The summed E-state index contributed by atoms with van der Waals surface area (Å²) in [6.45, 7) is 3.38. The molecule has 1 aliphatic rings. The van der Waals surface area contributed by atoms with Crippen LogP contribution in [0, 0.1) is 11.3 Å². The minimum atomic E-state index is -0.901. The molecular formula is C11H17NO3. The third kappa shape index (κ3) is 3.08. The molecule has 0 saturated heterocycles. The minimum Gasteiger partial charge on any atom is -0.481 e. The van der Waals surface area contributed by atoms with Crippen LogP contribution in [0.3, 0.4) is 0 Å². The summed E-state index contributed by atoms with van der Waals surface area (Å²) < 4.78 is 0. The average molecular weight is 211 g/mol. The highest BCUT2D eigenvalue weighted by molar-refractivity contribution is 5.81. The Balaban J connectivity index is 2.36. The summed E-state index contributed by atoms with van der Waals surface area (Å²) in [6.07, 6.45) is 5.48. The van der Waals surface area contributed by atoms with Crippen LogP contribution in [-0.2, 0) is 9.59 Å². The lowest BCUT2D eigenvalue weighted by molar-refractivity contribution is -0.146. The molecule has 0 aromatic rings. The van der Waals surface area contributed by atoms with E-state index in [0.717, 1.165) is 12.8 Å². The van der Waals surface area contributed by atoms with Gasteiger partial charge < -0.3 is 10.4 Å². The van der Waals surface area contributed by atoms with Crippen molar-refractivity contribution >= 4 is 11.9 Å². The number of amides is 1. The Labute approximate surface area is 89.4 Å². The van der Waals surface area contributed by atoms with Crippen molar-refractivity contribution < 1.29 is 14.7 Å². The Morgan fingerprint density at radius 2 is 1.93 bits per heavy atom. The molecule has 0 aromatic heterocycles. The summed E-state index contributed by atoms with van der Waals surface area (Å²) in [4.78, 5) is 22.4. The van der Waals surface area contributed by atoms with Crippen LogP contribution in [0.1, 0.15) is 26.7 Å². The zero-order valence-electron chi connectivity index (χ0n) is 9.12. The van der Waals surface area contributed by atoms with E-state index in [1.807, 2.05) is 12.2 Å².